The molecule has 2 aromatic carbocycles. The molecule has 0 saturated carbocycles. The molecule has 0 heterocycles. The summed E-state index contributed by atoms with van der Waals surface area (Å²) in [6.45, 7) is 0. The molecule has 0 unspecified atom stereocenters. The minimum absolute atomic E-state index is 0.00948. The van der Waals surface area contributed by atoms with E-state index in [9.17, 15) is 5.11 Å². The predicted octanol–water partition coefficient (Wildman–Crippen LogP) is 1.55. The average molecular weight is 238 g/mol. The number of hydrogen-bond acceptors (Lipinski definition) is 4. The van der Waals surface area contributed by atoms with E-state index in [0.717, 1.165) is 5.39 Å². The SMILES string of the molecule is OB(O)Oc1cc2cccc(Cl)c2cc1O. The van der Waals surface area contributed by atoms with Gasteiger partial charge < -0.3 is 19.8 Å². The van der Waals surface area contributed by atoms with Crippen molar-refractivity contribution < 1.29 is 19.8 Å². The van der Waals surface area contributed by atoms with Crippen molar-refractivity contribution in [3.05, 3.63) is 35.4 Å². The maximum Gasteiger partial charge on any atom is 0.707 e. The second-order valence-electron chi connectivity index (χ2n) is 3.23. The molecule has 0 aromatic heterocycles. The third kappa shape index (κ3) is 2.06. The lowest BCUT2D eigenvalue weighted by molar-refractivity contribution is 0.281. The number of fused-ring (bicyclic) bond motifs is 1. The number of hydrogen-bond donors (Lipinski definition) is 3. The molecule has 0 bridgehead atoms. The van der Waals surface area contributed by atoms with E-state index in [1.54, 1.807) is 18.2 Å². The van der Waals surface area contributed by atoms with E-state index in [2.05, 4.69) is 4.65 Å². The third-order valence-electron chi connectivity index (χ3n) is 2.14. The van der Waals surface area contributed by atoms with E-state index >= 15 is 0 Å². The first-order chi connectivity index (χ1) is 7.58. The Morgan fingerprint density at radius 1 is 1.19 bits per heavy atom. The second kappa shape index (κ2) is 4.21. The highest BCUT2D eigenvalue weighted by atomic mass is 35.5. The molecular weight excluding hydrogens is 230 g/mol. The maximum absolute atomic E-state index is 9.58. The maximum atomic E-state index is 9.58. The Morgan fingerprint density at radius 2 is 1.94 bits per heavy atom. The van der Waals surface area contributed by atoms with Crippen LogP contribution in [0, 0.1) is 0 Å². The van der Waals surface area contributed by atoms with Gasteiger partial charge in [0.1, 0.15) is 5.75 Å². The zero-order valence-corrected chi connectivity index (χ0v) is 8.85. The van der Waals surface area contributed by atoms with Gasteiger partial charge >= 0.3 is 7.32 Å². The Labute approximate surface area is 96.8 Å². The molecule has 2 aromatic rings. The first-order valence-electron chi connectivity index (χ1n) is 4.52. The second-order valence-corrected chi connectivity index (χ2v) is 3.63. The summed E-state index contributed by atoms with van der Waals surface area (Å²) in [5.74, 6) is -0.210. The van der Waals surface area contributed by atoms with Crippen molar-refractivity contribution in [2.24, 2.45) is 0 Å². The largest absolute Gasteiger partial charge is 0.707 e. The van der Waals surface area contributed by atoms with Gasteiger partial charge in [-0.3, -0.25) is 0 Å². The van der Waals surface area contributed by atoms with Crippen LogP contribution in [-0.2, 0) is 0 Å². The number of halogens is 1. The van der Waals surface area contributed by atoms with E-state index in [0.29, 0.717) is 10.4 Å². The fraction of sp³-hybridized carbons (Fsp3) is 0. The number of rotatable bonds is 2. The topological polar surface area (TPSA) is 69.9 Å². The van der Waals surface area contributed by atoms with Gasteiger partial charge in [-0.25, -0.2) is 0 Å². The summed E-state index contributed by atoms with van der Waals surface area (Å²) < 4.78 is 4.61. The summed E-state index contributed by atoms with van der Waals surface area (Å²) in [5, 5.41) is 28.8. The Morgan fingerprint density at radius 3 is 2.62 bits per heavy atom. The monoisotopic (exact) mass is 238 g/mol. The predicted molar refractivity (Wildman–Crippen MR) is 61.4 cm³/mol. The normalized spacial score (nSPS) is 10.4. The lowest BCUT2D eigenvalue weighted by atomic mass is 10.1. The number of phenols is 1. The van der Waals surface area contributed by atoms with Gasteiger partial charge in [-0.2, -0.15) is 0 Å². The smallest absolute Gasteiger partial charge is 0.509 e. The Bertz CT molecular complexity index is 529. The molecule has 3 N–H and O–H groups in total. The highest BCUT2D eigenvalue weighted by Gasteiger charge is 2.15. The van der Waals surface area contributed by atoms with Crippen molar-refractivity contribution in [1.82, 2.24) is 0 Å². The fourth-order valence-electron chi connectivity index (χ4n) is 1.46. The molecule has 4 nitrogen and oxygen atoms in total. The Hall–Kier alpha value is -1.43. The minimum Gasteiger partial charge on any atom is -0.509 e. The molecular formula is C10H8BClO4. The van der Waals surface area contributed by atoms with Crippen LogP contribution in [0.2, 0.25) is 5.02 Å². The summed E-state index contributed by atoms with van der Waals surface area (Å²) >= 11 is 5.94. The minimum atomic E-state index is -1.97. The van der Waals surface area contributed by atoms with E-state index in [4.69, 9.17) is 21.6 Å². The molecule has 0 atom stereocenters. The van der Waals surface area contributed by atoms with Crippen LogP contribution in [0.1, 0.15) is 0 Å². The summed E-state index contributed by atoms with van der Waals surface area (Å²) in [4.78, 5) is 0. The van der Waals surface area contributed by atoms with Crippen LogP contribution in [0.4, 0.5) is 0 Å². The van der Waals surface area contributed by atoms with Gasteiger partial charge in [0.25, 0.3) is 0 Å². The first kappa shape index (κ1) is 11.1. The van der Waals surface area contributed by atoms with E-state index in [1.165, 1.54) is 12.1 Å². The lowest BCUT2D eigenvalue weighted by Crippen LogP contribution is -2.20. The van der Waals surface area contributed by atoms with Gasteiger partial charge in [-0.15, -0.1) is 0 Å². The van der Waals surface area contributed by atoms with Crippen molar-refractivity contribution in [3.63, 3.8) is 0 Å². The molecule has 0 amide bonds. The molecule has 0 saturated heterocycles. The third-order valence-corrected chi connectivity index (χ3v) is 2.47. The summed E-state index contributed by atoms with van der Waals surface area (Å²) in [6.07, 6.45) is 0. The van der Waals surface area contributed by atoms with Crippen LogP contribution >= 0.6 is 11.6 Å². The van der Waals surface area contributed by atoms with Crippen molar-refractivity contribution in [3.8, 4) is 11.5 Å². The van der Waals surface area contributed by atoms with Crippen LogP contribution in [0.15, 0.2) is 30.3 Å². The van der Waals surface area contributed by atoms with E-state index in [1.807, 2.05) is 0 Å². The Kier molecular flexibility index (Phi) is 2.91. The Balaban J connectivity index is 2.58. The van der Waals surface area contributed by atoms with Gasteiger partial charge in [0.15, 0.2) is 5.75 Å². The number of benzene rings is 2. The molecule has 0 aliphatic heterocycles. The van der Waals surface area contributed by atoms with E-state index < -0.39 is 7.32 Å². The summed E-state index contributed by atoms with van der Waals surface area (Å²) in [7, 11) is -1.97. The van der Waals surface area contributed by atoms with Crippen molar-refractivity contribution in [2.45, 2.75) is 0 Å². The molecule has 0 aliphatic carbocycles. The van der Waals surface area contributed by atoms with Gasteiger partial charge in [0, 0.05) is 10.4 Å². The zero-order valence-electron chi connectivity index (χ0n) is 8.09. The summed E-state index contributed by atoms with van der Waals surface area (Å²) in [5.41, 5.74) is 0. The van der Waals surface area contributed by atoms with Crippen molar-refractivity contribution in [2.75, 3.05) is 0 Å². The standard InChI is InChI=1S/C10H8BClO4/c12-8-3-1-2-6-4-10(16-11(14)15)9(13)5-7(6)8/h1-5,13-15H. The number of phenolic OH excluding ortho intramolecular Hbond substituents is 1. The molecule has 0 radical (unpaired) electrons. The number of aromatic hydroxyl groups is 1. The van der Waals surface area contributed by atoms with Crippen LogP contribution in [-0.4, -0.2) is 22.5 Å². The van der Waals surface area contributed by atoms with Gasteiger partial charge in [0.2, 0.25) is 0 Å². The van der Waals surface area contributed by atoms with E-state index in [-0.39, 0.29) is 11.5 Å². The average Bonchev–Trinajstić information content (AvgIpc) is 2.20. The van der Waals surface area contributed by atoms with Crippen LogP contribution in [0.3, 0.4) is 0 Å². The van der Waals surface area contributed by atoms with Crippen LogP contribution in [0.25, 0.3) is 10.8 Å². The molecule has 16 heavy (non-hydrogen) atoms. The molecule has 0 spiro atoms. The van der Waals surface area contributed by atoms with Crippen molar-refractivity contribution >= 4 is 29.7 Å². The molecule has 2 rings (SSSR count). The quantitative estimate of drug-likeness (QED) is 0.694. The van der Waals surface area contributed by atoms with Gasteiger partial charge in [-0.05, 0) is 23.6 Å². The molecule has 0 aliphatic rings. The zero-order chi connectivity index (χ0) is 11.7. The molecule has 82 valence electrons. The van der Waals surface area contributed by atoms with Gasteiger partial charge in [-0.1, -0.05) is 23.7 Å². The first-order valence-corrected chi connectivity index (χ1v) is 4.90. The van der Waals surface area contributed by atoms with Crippen LogP contribution < -0.4 is 4.65 Å². The molecule has 0 fully saturated rings. The summed E-state index contributed by atoms with van der Waals surface area (Å²) in [6, 6.07) is 8.12. The molecule has 6 heteroatoms. The fourth-order valence-corrected chi connectivity index (χ4v) is 1.70. The highest BCUT2D eigenvalue weighted by Crippen LogP contribution is 2.34. The van der Waals surface area contributed by atoms with Crippen LogP contribution in [0.5, 0.6) is 11.5 Å². The van der Waals surface area contributed by atoms with Gasteiger partial charge in [0.05, 0.1) is 0 Å². The highest BCUT2D eigenvalue weighted by molar-refractivity contribution is 6.36. The lowest BCUT2D eigenvalue weighted by Gasteiger charge is -2.09. The van der Waals surface area contributed by atoms with Crippen molar-refractivity contribution in [1.29, 1.82) is 0 Å².